The van der Waals surface area contributed by atoms with Crippen molar-refractivity contribution in [2.24, 2.45) is 0 Å². The molecule has 0 saturated heterocycles. The molecule has 1 amide bonds. The molecule has 4 rings (SSSR count). The largest absolute Gasteiger partial charge is 0.300 e. The molecule has 2 heterocycles. The van der Waals surface area contributed by atoms with E-state index in [2.05, 4.69) is 15.4 Å². The maximum atomic E-state index is 12.6. The van der Waals surface area contributed by atoms with Crippen LogP contribution in [0.1, 0.15) is 21.7 Å². The van der Waals surface area contributed by atoms with Gasteiger partial charge >= 0.3 is 0 Å². The number of amides is 1. The molecule has 2 aromatic heterocycles. The molecule has 0 atom stereocenters. The summed E-state index contributed by atoms with van der Waals surface area (Å²) in [7, 11) is 0. The fourth-order valence-electron chi connectivity index (χ4n) is 3.29. The highest BCUT2D eigenvalue weighted by molar-refractivity contribution is 7.15. The first-order chi connectivity index (χ1) is 14.4. The maximum absolute atomic E-state index is 12.6. The molecule has 0 spiro atoms. The quantitative estimate of drug-likeness (QED) is 0.502. The Balaban J connectivity index is 1.48. The summed E-state index contributed by atoms with van der Waals surface area (Å²) in [5.41, 5.74) is 2.45. The molecule has 0 saturated carbocycles. The molecule has 152 valence electrons. The Hall–Kier alpha value is -3.03. The molecule has 0 aliphatic rings. The zero-order valence-corrected chi connectivity index (χ0v) is 18.0. The van der Waals surface area contributed by atoms with Crippen LogP contribution in [0.5, 0.6) is 0 Å². The van der Waals surface area contributed by atoms with Crippen LogP contribution in [0, 0.1) is 13.8 Å². The molecular weight excluding hydrogens is 420 g/mol. The zero-order chi connectivity index (χ0) is 21.3. The number of thiazole rings is 1. The first-order valence-electron chi connectivity index (χ1n) is 9.37. The number of halogens is 1. The number of rotatable bonds is 5. The summed E-state index contributed by atoms with van der Waals surface area (Å²) in [6.45, 7) is 3.61. The smallest absolute Gasteiger partial charge is 0.275 e. The molecule has 6 nitrogen and oxygen atoms in total. The number of fused-ring (bicyclic) bond motifs is 1. The average molecular weight is 439 g/mol. The first-order valence-corrected chi connectivity index (χ1v) is 10.6. The van der Waals surface area contributed by atoms with Gasteiger partial charge in [-0.05, 0) is 31.0 Å². The number of carbonyl (C=O) groups excluding carboxylic acids is 1. The highest BCUT2D eigenvalue weighted by Gasteiger charge is 2.13. The molecule has 0 aliphatic carbocycles. The molecule has 0 bridgehead atoms. The summed E-state index contributed by atoms with van der Waals surface area (Å²) >= 11 is 7.75. The normalized spacial score (nSPS) is 11.0. The highest BCUT2D eigenvalue weighted by atomic mass is 35.5. The average Bonchev–Trinajstić information content (AvgIpc) is 3.16. The van der Waals surface area contributed by atoms with E-state index in [1.807, 2.05) is 44.2 Å². The van der Waals surface area contributed by atoms with Crippen molar-refractivity contribution >= 4 is 44.7 Å². The summed E-state index contributed by atoms with van der Waals surface area (Å²) < 4.78 is 1.19. The van der Waals surface area contributed by atoms with E-state index in [4.69, 9.17) is 11.6 Å². The number of hydrogen-bond donors (Lipinski definition) is 1. The van der Waals surface area contributed by atoms with Crippen LogP contribution in [-0.2, 0) is 17.8 Å². The Kier molecular flexibility index (Phi) is 5.65. The third-order valence-corrected chi connectivity index (χ3v) is 6.24. The van der Waals surface area contributed by atoms with E-state index in [0.717, 1.165) is 26.4 Å². The monoisotopic (exact) mass is 438 g/mol. The second kappa shape index (κ2) is 8.38. The Labute approximate surface area is 182 Å². The van der Waals surface area contributed by atoms with Crippen molar-refractivity contribution in [1.29, 1.82) is 0 Å². The van der Waals surface area contributed by atoms with Gasteiger partial charge in [-0.15, -0.1) is 11.3 Å². The SMILES string of the molecule is Cc1cccc(Cc2cnc(NC(=O)Cn3nc(C)c4ccccc4c3=O)s2)c1Cl. The van der Waals surface area contributed by atoms with Gasteiger partial charge in [-0.3, -0.25) is 9.59 Å². The minimum atomic E-state index is -0.353. The summed E-state index contributed by atoms with van der Waals surface area (Å²) in [5, 5.41) is 9.58. The number of aromatic nitrogens is 3. The van der Waals surface area contributed by atoms with Gasteiger partial charge in [0, 0.05) is 27.9 Å². The number of nitrogens with one attached hydrogen (secondary N) is 1. The van der Waals surface area contributed by atoms with Crippen LogP contribution >= 0.6 is 22.9 Å². The predicted molar refractivity (Wildman–Crippen MR) is 120 cm³/mol. The van der Waals surface area contributed by atoms with Crippen molar-refractivity contribution in [3.8, 4) is 0 Å². The lowest BCUT2D eigenvalue weighted by atomic mass is 10.1. The molecule has 0 unspecified atom stereocenters. The minimum Gasteiger partial charge on any atom is -0.300 e. The number of nitrogens with zero attached hydrogens (tertiary/aromatic N) is 3. The Morgan fingerprint density at radius 1 is 1.13 bits per heavy atom. The van der Waals surface area contributed by atoms with E-state index in [1.54, 1.807) is 18.3 Å². The molecule has 0 fully saturated rings. The van der Waals surface area contributed by atoms with Crippen molar-refractivity contribution in [2.75, 3.05) is 5.32 Å². The topological polar surface area (TPSA) is 76.9 Å². The number of hydrogen-bond acceptors (Lipinski definition) is 5. The van der Waals surface area contributed by atoms with Crippen molar-refractivity contribution < 1.29 is 4.79 Å². The van der Waals surface area contributed by atoms with Gasteiger partial charge in [0.25, 0.3) is 5.56 Å². The molecule has 1 N–H and O–H groups in total. The molecule has 0 radical (unpaired) electrons. The molecule has 2 aromatic carbocycles. The Morgan fingerprint density at radius 2 is 1.90 bits per heavy atom. The van der Waals surface area contributed by atoms with Crippen LogP contribution in [0.3, 0.4) is 0 Å². The third kappa shape index (κ3) is 4.13. The molecule has 8 heteroatoms. The van der Waals surface area contributed by atoms with E-state index < -0.39 is 0 Å². The second-order valence-corrected chi connectivity index (χ2v) is 8.49. The van der Waals surface area contributed by atoms with Gasteiger partial charge in [-0.1, -0.05) is 48.0 Å². The van der Waals surface area contributed by atoms with Gasteiger partial charge in [-0.2, -0.15) is 5.10 Å². The fraction of sp³-hybridized carbons (Fsp3) is 0.182. The standard InChI is InChI=1S/C22H19ClN4O2S/c1-13-6-5-7-15(20(13)23)10-16-11-24-22(30-16)25-19(28)12-27-21(29)18-9-4-3-8-17(18)14(2)26-27/h3-9,11H,10,12H2,1-2H3,(H,24,25,28). The number of anilines is 1. The van der Waals surface area contributed by atoms with Crippen LogP contribution in [0.4, 0.5) is 5.13 Å². The summed E-state index contributed by atoms with van der Waals surface area (Å²) in [6, 6.07) is 13.2. The number of carbonyl (C=O) groups is 1. The van der Waals surface area contributed by atoms with Gasteiger partial charge in [0.1, 0.15) is 6.54 Å². The number of benzene rings is 2. The van der Waals surface area contributed by atoms with Gasteiger partial charge < -0.3 is 5.32 Å². The van der Waals surface area contributed by atoms with Crippen molar-refractivity contribution in [3.63, 3.8) is 0 Å². The summed E-state index contributed by atoms with van der Waals surface area (Å²) in [6.07, 6.45) is 2.36. The zero-order valence-electron chi connectivity index (χ0n) is 16.5. The lowest BCUT2D eigenvalue weighted by molar-refractivity contribution is -0.117. The van der Waals surface area contributed by atoms with Crippen molar-refractivity contribution in [3.05, 3.63) is 85.7 Å². The minimum absolute atomic E-state index is 0.177. The Bertz CT molecular complexity index is 1310. The molecule has 30 heavy (non-hydrogen) atoms. The van der Waals surface area contributed by atoms with E-state index in [0.29, 0.717) is 22.6 Å². The molecule has 0 aliphatic heterocycles. The van der Waals surface area contributed by atoms with Crippen molar-refractivity contribution in [2.45, 2.75) is 26.8 Å². The lowest BCUT2D eigenvalue weighted by Gasteiger charge is -2.08. The van der Waals surface area contributed by atoms with E-state index >= 15 is 0 Å². The fourth-order valence-corrected chi connectivity index (χ4v) is 4.33. The maximum Gasteiger partial charge on any atom is 0.275 e. The Morgan fingerprint density at radius 3 is 2.70 bits per heavy atom. The van der Waals surface area contributed by atoms with Gasteiger partial charge in [-0.25, -0.2) is 9.67 Å². The summed E-state index contributed by atoms with van der Waals surface area (Å²) in [4.78, 5) is 30.4. The number of aryl methyl sites for hydroxylation is 2. The molecular formula is C22H19ClN4O2S. The molecule has 4 aromatic rings. The van der Waals surface area contributed by atoms with Crippen LogP contribution in [0.25, 0.3) is 10.8 Å². The van der Waals surface area contributed by atoms with Gasteiger partial charge in [0.05, 0.1) is 11.1 Å². The second-order valence-electron chi connectivity index (χ2n) is 7.00. The first kappa shape index (κ1) is 20.3. The van der Waals surface area contributed by atoms with Gasteiger partial charge in [0.2, 0.25) is 5.91 Å². The van der Waals surface area contributed by atoms with Crippen LogP contribution in [0.2, 0.25) is 5.02 Å². The van der Waals surface area contributed by atoms with E-state index in [1.165, 1.54) is 16.0 Å². The van der Waals surface area contributed by atoms with Gasteiger partial charge in [0.15, 0.2) is 5.13 Å². The van der Waals surface area contributed by atoms with Crippen LogP contribution in [0.15, 0.2) is 53.5 Å². The van der Waals surface area contributed by atoms with E-state index in [-0.39, 0.29) is 18.0 Å². The van der Waals surface area contributed by atoms with Crippen LogP contribution in [-0.4, -0.2) is 20.7 Å². The van der Waals surface area contributed by atoms with Crippen molar-refractivity contribution in [1.82, 2.24) is 14.8 Å². The van der Waals surface area contributed by atoms with E-state index in [9.17, 15) is 9.59 Å². The highest BCUT2D eigenvalue weighted by Crippen LogP contribution is 2.26. The third-order valence-electron chi connectivity index (χ3n) is 4.78. The lowest BCUT2D eigenvalue weighted by Crippen LogP contribution is -2.30. The predicted octanol–water partition coefficient (Wildman–Crippen LogP) is 4.35. The van der Waals surface area contributed by atoms with Crippen LogP contribution < -0.4 is 10.9 Å². The summed E-state index contributed by atoms with van der Waals surface area (Å²) in [5.74, 6) is -0.353.